The van der Waals surface area contributed by atoms with Gasteiger partial charge in [-0.15, -0.1) is 0 Å². The highest BCUT2D eigenvalue weighted by Crippen LogP contribution is 2.27. The van der Waals surface area contributed by atoms with Crippen molar-refractivity contribution in [2.45, 2.75) is 33.4 Å². The molecule has 2 heterocycles. The molecule has 0 saturated heterocycles. The molecule has 0 unspecified atom stereocenters. The molecule has 0 bridgehead atoms. The van der Waals surface area contributed by atoms with Crippen molar-refractivity contribution in [1.82, 2.24) is 9.88 Å². The van der Waals surface area contributed by atoms with Crippen LogP contribution >= 0.6 is 11.6 Å². The summed E-state index contributed by atoms with van der Waals surface area (Å²) >= 11 is 6.22. The zero-order chi connectivity index (χ0) is 21.0. The highest BCUT2D eigenvalue weighted by atomic mass is 35.5. The number of hydrogen-bond donors (Lipinski definition) is 2. The molecule has 0 spiro atoms. The standard InChI is InChI=1S/C22H23ClN4O2/c1-14-16(3)27(13-17-7-6-10-29-17)22(19(14)11-24)26-21(28)12-25-15(2)18-8-4-5-9-20(18)23/h4-10,15,25H,12-13H2,1-3H3,(H,26,28)/t15-/m1/s1. The summed E-state index contributed by atoms with van der Waals surface area (Å²) in [5.74, 6) is 0.989. The Balaban J connectivity index is 1.75. The number of carbonyl (C=O) groups excluding carboxylic acids is 1. The summed E-state index contributed by atoms with van der Waals surface area (Å²) in [4.78, 5) is 12.6. The predicted octanol–water partition coefficient (Wildman–Crippen LogP) is 4.56. The van der Waals surface area contributed by atoms with E-state index in [0.717, 1.165) is 22.6 Å². The predicted molar refractivity (Wildman–Crippen MR) is 113 cm³/mol. The summed E-state index contributed by atoms with van der Waals surface area (Å²) in [6, 6.07) is 13.3. The van der Waals surface area contributed by atoms with Crippen molar-refractivity contribution in [3.8, 4) is 6.07 Å². The molecule has 3 rings (SSSR count). The maximum atomic E-state index is 12.6. The molecule has 0 aliphatic heterocycles. The summed E-state index contributed by atoms with van der Waals surface area (Å²) in [6.07, 6.45) is 1.60. The van der Waals surface area contributed by atoms with Gasteiger partial charge in [0.2, 0.25) is 5.91 Å². The minimum absolute atomic E-state index is 0.0846. The molecule has 2 N–H and O–H groups in total. The van der Waals surface area contributed by atoms with Gasteiger partial charge in [0, 0.05) is 16.8 Å². The molecule has 0 fully saturated rings. The van der Waals surface area contributed by atoms with Crippen LogP contribution in [0.2, 0.25) is 5.02 Å². The van der Waals surface area contributed by atoms with E-state index in [4.69, 9.17) is 16.0 Å². The minimum atomic E-state index is -0.237. The maximum Gasteiger partial charge on any atom is 0.239 e. The molecule has 1 aromatic carbocycles. The fourth-order valence-electron chi connectivity index (χ4n) is 3.24. The molecular formula is C22H23ClN4O2. The number of furan rings is 1. The third-order valence-electron chi connectivity index (χ3n) is 5.03. The fraction of sp³-hybridized carbons (Fsp3) is 0.273. The average Bonchev–Trinajstić information content (AvgIpc) is 3.29. The van der Waals surface area contributed by atoms with Crippen molar-refractivity contribution >= 4 is 23.3 Å². The van der Waals surface area contributed by atoms with Gasteiger partial charge in [-0.1, -0.05) is 29.8 Å². The smallest absolute Gasteiger partial charge is 0.239 e. The van der Waals surface area contributed by atoms with E-state index in [1.54, 1.807) is 6.26 Å². The van der Waals surface area contributed by atoms with Crippen LogP contribution in [0.3, 0.4) is 0 Å². The Bertz CT molecular complexity index is 1050. The first-order chi connectivity index (χ1) is 13.9. The first-order valence-corrected chi connectivity index (χ1v) is 9.70. The second kappa shape index (κ2) is 8.99. The number of benzene rings is 1. The first-order valence-electron chi connectivity index (χ1n) is 9.32. The Morgan fingerprint density at radius 2 is 2.03 bits per heavy atom. The van der Waals surface area contributed by atoms with E-state index in [9.17, 15) is 10.1 Å². The number of halogens is 1. The number of nitriles is 1. The summed E-state index contributed by atoms with van der Waals surface area (Å²) in [5.41, 5.74) is 3.13. The third-order valence-corrected chi connectivity index (χ3v) is 5.38. The van der Waals surface area contributed by atoms with Gasteiger partial charge >= 0.3 is 0 Å². The zero-order valence-corrected chi connectivity index (χ0v) is 17.4. The monoisotopic (exact) mass is 410 g/mol. The molecule has 150 valence electrons. The Kier molecular flexibility index (Phi) is 6.42. The largest absolute Gasteiger partial charge is 0.467 e. The van der Waals surface area contributed by atoms with Gasteiger partial charge in [0.25, 0.3) is 0 Å². The Morgan fingerprint density at radius 1 is 1.28 bits per heavy atom. The normalized spacial score (nSPS) is 11.8. The lowest BCUT2D eigenvalue weighted by Crippen LogP contribution is -2.31. The summed E-state index contributed by atoms with van der Waals surface area (Å²) in [5, 5.41) is 16.3. The molecule has 0 aliphatic rings. The molecule has 3 aromatic rings. The van der Waals surface area contributed by atoms with Crippen molar-refractivity contribution in [1.29, 1.82) is 5.26 Å². The highest BCUT2D eigenvalue weighted by molar-refractivity contribution is 6.31. The molecule has 2 aromatic heterocycles. The Hall–Kier alpha value is -3.01. The summed E-state index contributed by atoms with van der Waals surface area (Å²) < 4.78 is 7.32. The third kappa shape index (κ3) is 4.53. The Labute approximate surface area is 175 Å². The zero-order valence-electron chi connectivity index (χ0n) is 16.6. The van der Waals surface area contributed by atoms with Crippen LogP contribution in [0.15, 0.2) is 47.1 Å². The molecule has 29 heavy (non-hydrogen) atoms. The van der Waals surface area contributed by atoms with E-state index in [-0.39, 0.29) is 18.5 Å². The molecule has 0 saturated carbocycles. The molecule has 0 radical (unpaired) electrons. The van der Waals surface area contributed by atoms with Crippen LogP contribution in [0, 0.1) is 25.2 Å². The number of amides is 1. The SMILES string of the molecule is Cc1c(C#N)c(NC(=O)CN[C@H](C)c2ccccc2Cl)n(Cc2ccco2)c1C. The number of rotatable bonds is 7. The topological polar surface area (TPSA) is 83.0 Å². The van der Waals surface area contributed by atoms with E-state index in [0.29, 0.717) is 22.9 Å². The van der Waals surface area contributed by atoms with Gasteiger partial charge in [0.1, 0.15) is 17.6 Å². The molecule has 6 nitrogen and oxygen atoms in total. The van der Waals surface area contributed by atoms with E-state index in [1.807, 2.05) is 61.7 Å². The van der Waals surface area contributed by atoms with Gasteiger partial charge in [0.05, 0.1) is 24.9 Å². The molecule has 7 heteroatoms. The fourth-order valence-corrected chi connectivity index (χ4v) is 3.54. The van der Waals surface area contributed by atoms with Crippen LogP contribution in [0.25, 0.3) is 0 Å². The van der Waals surface area contributed by atoms with Crippen LogP contribution in [0.5, 0.6) is 0 Å². The second-order valence-corrected chi connectivity index (χ2v) is 7.29. The van der Waals surface area contributed by atoms with Crippen LogP contribution in [0.4, 0.5) is 5.82 Å². The maximum absolute atomic E-state index is 12.6. The average molecular weight is 411 g/mol. The van der Waals surface area contributed by atoms with Gasteiger partial charge < -0.3 is 19.6 Å². The number of aromatic nitrogens is 1. The number of nitrogens with one attached hydrogen (secondary N) is 2. The lowest BCUT2D eigenvalue weighted by atomic mass is 10.1. The van der Waals surface area contributed by atoms with Gasteiger partial charge in [0.15, 0.2) is 0 Å². The van der Waals surface area contributed by atoms with Crippen LogP contribution in [-0.2, 0) is 11.3 Å². The first kappa shape index (κ1) is 20.7. The molecular weight excluding hydrogens is 388 g/mol. The minimum Gasteiger partial charge on any atom is -0.467 e. The van der Waals surface area contributed by atoms with E-state index in [2.05, 4.69) is 16.7 Å². The summed E-state index contributed by atoms with van der Waals surface area (Å²) in [6.45, 7) is 6.26. The second-order valence-electron chi connectivity index (χ2n) is 6.88. The van der Waals surface area contributed by atoms with Crippen molar-refractivity contribution < 1.29 is 9.21 Å². The number of carbonyl (C=O) groups is 1. The lowest BCUT2D eigenvalue weighted by Gasteiger charge is -2.16. The van der Waals surface area contributed by atoms with Crippen molar-refractivity contribution in [2.75, 3.05) is 11.9 Å². The number of anilines is 1. The number of nitrogens with zero attached hydrogens (tertiary/aromatic N) is 2. The Morgan fingerprint density at radius 3 is 2.69 bits per heavy atom. The van der Waals surface area contributed by atoms with Crippen molar-refractivity contribution in [3.63, 3.8) is 0 Å². The van der Waals surface area contributed by atoms with Crippen LogP contribution < -0.4 is 10.6 Å². The van der Waals surface area contributed by atoms with Gasteiger partial charge in [-0.25, -0.2) is 0 Å². The molecule has 1 atom stereocenters. The summed E-state index contributed by atoms with van der Waals surface area (Å²) in [7, 11) is 0. The van der Waals surface area contributed by atoms with Gasteiger partial charge in [-0.3, -0.25) is 4.79 Å². The lowest BCUT2D eigenvalue weighted by molar-refractivity contribution is -0.115. The molecule has 1 amide bonds. The van der Waals surface area contributed by atoms with Crippen molar-refractivity contribution in [2.24, 2.45) is 0 Å². The van der Waals surface area contributed by atoms with E-state index < -0.39 is 0 Å². The van der Waals surface area contributed by atoms with Gasteiger partial charge in [-0.2, -0.15) is 5.26 Å². The molecule has 0 aliphatic carbocycles. The van der Waals surface area contributed by atoms with E-state index >= 15 is 0 Å². The quantitative estimate of drug-likeness (QED) is 0.598. The number of hydrogen-bond acceptors (Lipinski definition) is 4. The van der Waals surface area contributed by atoms with Crippen LogP contribution in [-0.4, -0.2) is 17.0 Å². The van der Waals surface area contributed by atoms with Crippen molar-refractivity contribution in [3.05, 3.63) is 75.8 Å². The van der Waals surface area contributed by atoms with Crippen LogP contribution in [0.1, 0.15) is 41.1 Å². The van der Waals surface area contributed by atoms with E-state index in [1.165, 1.54) is 0 Å². The highest BCUT2D eigenvalue weighted by Gasteiger charge is 2.20. The van der Waals surface area contributed by atoms with Gasteiger partial charge in [-0.05, 0) is 50.1 Å².